The molecule has 2 aliphatic heterocycles. The van der Waals surface area contributed by atoms with Gasteiger partial charge in [-0.05, 0) is 38.3 Å². The van der Waals surface area contributed by atoms with Crippen LogP contribution in [0.1, 0.15) is 50.8 Å². The van der Waals surface area contributed by atoms with Crippen LogP contribution >= 0.6 is 0 Å². The van der Waals surface area contributed by atoms with Crippen molar-refractivity contribution in [1.29, 1.82) is 0 Å². The van der Waals surface area contributed by atoms with Gasteiger partial charge in [0, 0.05) is 44.8 Å². The van der Waals surface area contributed by atoms with E-state index >= 15 is 0 Å². The Kier molecular flexibility index (Phi) is 10.5. The van der Waals surface area contributed by atoms with Gasteiger partial charge in [0.15, 0.2) is 5.82 Å². The molecular formula is C27H38F3N5O5. The number of ether oxygens (including phenoxy) is 1. The van der Waals surface area contributed by atoms with Gasteiger partial charge in [-0.3, -0.25) is 9.59 Å². The minimum atomic E-state index is -5.08. The lowest BCUT2D eigenvalue weighted by Gasteiger charge is -2.40. The first-order chi connectivity index (χ1) is 18.8. The zero-order valence-electron chi connectivity index (χ0n) is 23.3. The molecule has 40 heavy (non-hydrogen) atoms. The van der Waals surface area contributed by atoms with Crippen molar-refractivity contribution in [2.45, 2.75) is 52.4 Å². The number of hydrogen-bond donors (Lipinski definition) is 2. The Morgan fingerprint density at radius 2 is 1.75 bits per heavy atom. The second-order valence-electron chi connectivity index (χ2n) is 10.7. The molecule has 2 amide bonds. The molecule has 4 rings (SSSR count). The van der Waals surface area contributed by atoms with E-state index in [-0.39, 0.29) is 29.8 Å². The first-order valence-corrected chi connectivity index (χ1v) is 13.5. The number of alkyl halides is 3. The Bertz CT molecular complexity index is 1180. The first kappa shape index (κ1) is 31.3. The number of piperidine rings is 1. The van der Waals surface area contributed by atoms with Crippen LogP contribution in [0.2, 0.25) is 0 Å². The number of nitrogens with zero attached hydrogens (tertiary/aromatic N) is 4. The van der Waals surface area contributed by atoms with Crippen molar-refractivity contribution in [3.8, 4) is 0 Å². The van der Waals surface area contributed by atoms with Crippen molar-refractivity contribution in [3.63, 3.8) is 0 Å². The Labute approximate surface area is 231 Å². The van der Waals surface area contributed by atoms with Gasteiger partial charge < -0.3 is 29.5 Å². The van der Waals surface area contributed by atoms with Crippen LogP contribution < -0.4 is 5.32 Å². The van der Waals surface area contributed by atoms with E-state index in [4.69, 9.17) is 19.6 Å². The molecule has 2 N–H and O–H groups in total. The summed E-state index contributed by atoms with van der Waals surface area (Å²) in [6, 6.07) is 7.96. The van der Waals surface area contributed by atoms with Crippen molar-refractivity contribution in [1.82, 2.24) is 24.7 Å². The third-order valence-corrected chi connectivity index (χ3v) is 6.81. The van der Waals surface area contributed by atoms with E-state index in [1.54, 1.807) is 0 Å². The molecule has 1 aromatic carbocycles. The largest absolute Gasteiger partial charge is 0.490 e. The molecule has 0 spiro atoms. The summed E-state index contributed by atoms with van der Waals surface area (Å²) in [5.41, 5.74) is 1.81. The summed E-state index contributed by atoms with van der Waals surface area (Å²) in [6.45, 7) is 12.9. The van der Waals surface area contributed by atoms with E-state index in [2.05, 4.69) is 33.0 Å². The molecule has 2 aromatic rings. The fraction of sp³-hybridized carbons (Fsp3) is 0.630. The van der Waals surface area contributed by atoms with E-state index in [9.17, 15) is 22.8 Å². The number of aliphatic carboxylic acids is 1. The number of carboxylic acid groups (broad SMARTS) is 1. The molecule has 1 aromatic heterocycles. The van der Waals surface area contributed by atoms with Crippen LogP contribution in [0.15, 0.2) is 24.3 Å². The highest BCUT2D eigenvalue weighted by molar-refractivity contribution is 5.95. The van der Waals surface area contributed by atoms with Crippen LogP contribution in [0.5, 0.6) is 0 Å². The average molecular weight is 570 g/mol. The molecule has 3 heterocycles. The smallest absolute Gasteiger partial charge is 0.475 e. The van der Waals surface area contributed by atoms with E-state index in [0.29, 0.717) is 64.1 Å². The van der Waals surface area contributed by atoms with Crippen molar-refractivity contribution in [2.75, 3.05) is 45.9 Å². The first-order valence-electron chi connectivity index (χ1n) is 13.5. The Morgan fingerprint density at radius 1 is 1.12 bits per heavy atom. The van der Waals surface area contributed by atoms with Crippen molar-refractivity contribution >= 4 is 28.8 Å². The third-order valence-electron chi connectivity index (χ3n) is 6.81. The number of halogens is 3. The van der Waals surface area contributed by atoms with Crippen LogP contribution in [-0.2, 0) is 14.3 Å². The maximum absolute atomic E-state index is 14.0. The van der Waals surface area contributed by atoms with Gasteiger partial charge in [0.25, 0.3) is 5.91 Å². The van der Waals surface area contributed by atoms with Gasteiger partial charge in [-0.25, -0.2) is 9.78 Å². The summed E-state index contributed by atoms with van der Waals surface area (Å²) in [4.78, 5) is 44.6. The zero-order chi connectivity index (χ0) is 29.6. The van der Waals surface area contributed by atoms with Gasteiger partial charge in [-0.15, -0.1) is 0 Å². The van der Waals surface area contributed by atoms with Crippen LogP contribution in [0.25, 0.3) is 11.0 Å². The van der Waals surface area contributed by atoms with Crippen LogP contribution in [0.3, 0.4) is 0 Å². The Balaban J connectivity index is 0.000000559. The third kappa shape index (κ3) is 7.72. The maximum Gasteiger partial charge on any atom is 0.490 e. The monoisotopic (exact) mass is 569 g/mol. The van der Waals surface area contributed by atoms with Gasteiger partial charge >= 0.3 is 12.1 Å². The van der Waals surface area contributed by atoms with Crippen LogP contribution in [-0.4, -0.2) is 100 Å². The molecular weight excluding hydrogens is 531 g/mol. The minimum absolute atomic E-state index is 0.0518. The lowest BCUT2D eigenvalue weighted by Crippen LogP contribution is -2.56. The molecule has 2 saturated heterocycles. The summed E-state index contributed by atoms with van der Waals surface area (Å²) in [7, 11) is 0. The number of carbonyl (C=O) groups is 3. The molecule has 0 bridgehead atoms. The quantitative estimate of drug-likeness (QED) is 0.549. The number of amides is 2. The molecule has 0 unspecified atom stereocenters. The fourth-order valence-corrected chi connectivity index (χ4v) is 5.02. The van der Waals surface area contributed by atoms with Crippen LogP contribution in [0, 0.1) is 11.8 Å². The predicted molar refractivity (Wildman–Crippen MR) is 142 cm³/mol. The number of rotatable bonds is 6. The van der Waals surface area contributed by atoms with E-state index in [1.165, 1.54) is 0 Å². The highest BCUT2D eigenvalue weighted by atomic mass is 19.4. The molecule has 2 fully saturated rings. The molecule has 13 heteroatoms. The normalized spacial score (nSPS) is 19.9. The molecule has 0 saturated carbocycles. The number of aromatic nitrogens is 2. The predicted octanol–water partition coefficient (Wildman–Crippen LogP) is 3.19. The number of hydrogen-bond acceptors (Lipinski definition) is 6. The van der Waals surface area contributed by atoms with Crippen LogP contribution in [0.4, 0.5) is 13.2 Å². The number of carbonyl (C=O) groups excluding carboxylic acids is 2. The summed E-state index contributed by atoms with van der Waals surface area (Å²) in [5, 5.41) is 10.6. The summed E-state index contributed by atoms with van der Waals surface area (Å²) >= 11 is 0. The Hall–Kier alpha value is -3.19. The van der Waals surface area contributed by atoms with Crippen molar-refractivity contribution in [2.24, 2.45) is 11.8 Å². The van der Waals surface area contributed by atoms with Gasteiger partial charge in [0.05, 0.1) is 30.2 Å². The number of benzene rings is 1. The van der Waals surface area contributed by atoms with E-state index < -0.39 is 12.1 Å². The second kappa shape index (κ2) is 13.4. The number of para-hydroxylation sites is 2. The minimum Gasteiger partial charge on any atom is -0.475 e. The lowest BCUT2D eigenvalue weighted by molar-refractivity contribution is -0.192. The molecule has 0 aliphatic carbocycles. The molecule has 2 aliphatic rings. The summed E-state index contributed by atoms with van der Waals surface area (Å²) in [5.74, 6) is -1.99. The molecule has 10 nitrogen and oxygen atoms in total. The van der Waals surface area contributed by atoms with Gasteiger partial charge in [0.1, 0.15) is 0 Å². The van der Waals surface area contributed by atoms with Gasteiger partial charge in [-0.1, -0.05) is 26.0 Å². The highest BCUT2D eigenvalue weighted by Gasteiger charge is 2.38. The Morgan fingerprint density at radius 3 is 2.33 bits per heavy atom. The van der Waals surface area contributed by atoms with Gasteiger partial charge in [0.2, 0.25) is 5.91 Å². The number of fused-ring (bicyclic) bond motifs is 1. The lowest BCUT2D eigenvalue weighted by atomic mass is 9.92. The SMILES string of the molecule is CC(C)CN(C(=O)c1nc2ccccc2n1C(C)C)[C@@H]1CNC[C@H](C(=O)N2CCOCC2)C1.O=C(O)C(F)(F)F. The molecule has 222 valence electrons. The number of imidazole rings is 1. The maximum atomic E-state index is 14.0. The highest BCUT2D eigenvalue weighted by Crippen LogP contribution is 2.26. The van der Waals surface area contributed by atoms with E-state index in [0.717, 1.165) is 11.0 Å². The summed E-state index contributed by atoms with van der Waals surface area (Å²) < 4.78 is 39.2. The number of morpholine rings is 1. The molecule has 2 atom stereocenters. The van der Waals surface area contributed by atoms with Crippen molar-refractivity contribution in [3.05, 3.63) is 30.1 Å². The fourth-order valence-electron chi connectivity index (χ4n) is 5.02. The summed E-state index contributed by atoms with van der Waals surface area (Å²) in [6.07, 6.45) is -4.41. The second-order valence-corrected chi connectivity index (χ2v) is 10.7. The standard InChI is InChI=1S/C25H37N5O3.C2HF3O2/c1-17(2)16-29(20-13-19(14-26-15-20)24(31)28-9-11-33-12-10-28)25(32)23-27-21-7-5-6-8-22(21)30(23)18(3)4;3-2(4,5)1(6)7/h5-8,17-20,26H,9-16H2,1-4H3;(H,6,7)/t19-,20+;/m1./s1. The van der Waals surface area contributed by atoms with Gasteiger partial charge in [-0.2, -0.15) is 13.2 Å². The molecule has 0 radical (unpaired) electrons. The van der Waals surface area contributed by atoms with E-state index in [1.807, 2.05) is 38.6 Å². The number of carboxylic acids is 1. The van der Waals surface area contributed by atoms with Crippen molar-refractivity contribution < 1.29 is 37.4 Å². The average Bonchev–Trinajstić information content (AvgIpc) is 3.31. The topological polar surface area (TPSA) is 117 Å². The number of nitrogens with one attached hydrogen (secondary N) is 1. The zero-order valence-corrected chi connectivity index (χ0v) is 23.3.